The molecule has 0 heterocycles. The van der Waals surface area contributed by atoms with Gasteiger partial charge in [-0.2, -0.15) is 0 Å². The Kier molecular flexibility index (Phi) is 5.94. The number of amides is 1. The van der Waals surface area contributed by atoms with Crippen molar-refractivity contribution in [1.82, 2.24) is 10.0 Å². The van der Waals surface area contributed by atoms with Crippen molar-refractivity contribution in [1.29, 1.82) is 0 Å². The van der Waals surface area contributed by atoms with E-state index in [1.54, 1.807) is 12.1 Å². The highest BCUT2D eigenvalue weighted by molar-refractivity contribution is 7.89. The number of hydrogen-bond acceptors (Lipinski definition) is 4. The third kappa shape index (κ3) is 4.56. The van der Waals surface area contributed by atoms with Crippen LogP contribution in [0.1, 0.15) is 10.4 Å². The van der Waals surface area contributed by atoms with Gasteiger partial charge in [0.25, 0.3) is 5.91 Å². The maximum absolute atomic E-state index is 12.4. The van der Waals surface area contributed by atoms with Crippen molar-refractivity contribution in [2.45, 2.75) is 0 Å². The van der Waals surface area contributed by atoms with Crippen molar-refractivity contribution in [3.8, 4) is 16.9 Å². The number of rotatable bonds is 7. The summed E-state index contributed by atoms with van der Waals surface area (Å²) in [6, 6.07) is 15.0. The van der Waals surface area contributed by atoms with Gasteiger partial charge in [-0.05, 0) is 30.3 Å². The van der Waals surface area contributed by atoms with E-state index in [4.69, 9.17) is 4.74 Å². The molecule has 0 fully saturated rings. The number of sulfonamides is 1. The molecule has 0 atom stereocenters. The minimum absolute atomic E-state index is 0.0146. The van der Waals surface area contributed by atoms with E-state index in [0.717, 1.165) is 11.1 Å². The lowest BCUT2D eigenvalue weighted by molar-refractivity contribution is 0.0953. The zero-order valence-corrected chi connectivity index (χ0v) is 14.4. The van der Waals surface area contributed by atoms with Crippen LogP contribution in [0.4, 0.5) is 0 Å². The number of hydrogen-bond donors (Lipinski definition) is 2. The first kappa shape index (κ1) is 18.0. The third-order valence-corrected chi connectivity index (χ3v) is 4.88. The van der Waals surface area contributed by atoms with Crippen LogP contribution < -0.4 is 14.8 Å². The van der Waals surface area contributed by atoms with E-state index in [-0.39, 0.29) is 18.2 Å². The van der Waals surface area contributed by atoms with Gasteiger partial charge in [0, 0.05) is 6.54 Å². The fourth-order valence-electron chi connectivity index (χ4n) is 2.19. The number of ether oxygens (including phenoxy) is 1. The van der Waals surface area contributed by atoms with Gasteiger partial charge in [-0.15, -0.1) is 0 Å². The van der Waals surface area contributed by atoms with E-state index in [2.05, 4.69) is 10.0 Å². The number of carbonyl (C=O) groups excluding carboxylic acids is 1. The molecule has 2 aromatic carbocycles. The predicted octanol–water partition coefficient (Wildman–Crippen LogP) is 1.64. The minimum atomic E-state index is -3.36. The van der Waals surface area contributed by atoms with Crippen LogP contribution in [0.5, 0.6) is 5.75 Å². The van der Waals surface area contributed by atoms with E-state index in [9.17, 15) is 13.2 Å². The van der Waals surface area contributed by atoms with E-state index >= 15 is 0 Å². The maximum Gasteiger partial charge on any atom is 0.255 e. The number of nitrogens with one attached hydrogen (secondary N) is 2. The summed E-state index contributed by atoms with van der Waals surface area (Å²) in [6.07, 6.45) is 0. The van der Waals surface area contributed by atoms with Gasteiger partial charge in [0.05, 0.1) is 18.4 Å². The van der Waals surface area contributed by atoms with Gasteiger partial charge in [0.2, 0.25) is 10.0 Å². The highest BCUT2D eigenvalue weighted by atomic mass is 32.2. The van der Waals surface area contributed by atoms with Crippen molar-refractivity contribution >= 4 is 15.9 Å². The van der Waals surface area contributed by atoms with Gasteiger partial charge in [-0.3, -0.25) is 4.79 Å². The normalized spacial score (nSPS) is 11.1. The molecule has 2 aromatic rings. The monoisotopic (exact) mass is 348 g/mol. The molecule has 2 rings (SSSR count). The van der Waals surface area contributed by atoms with Gasteiger partial charge in [-0.25, -0.2) is 13.1 Å². The minimum Gasteiger partial charge on any atom is -0.496 e. The van der Waals surface area contributed by atoms with Crippen LogP contribution in [0, 0.1) is 0 Å². The first-order chi connectivity index (χ1) is 11.5. The number of carbonyl (C=O) groups is 1. The van der Waals surface area contributed by atoms with Crippen molar-refractivity contribution in [3.63, 3.8) is 0 Å². The quantitative estimate of drug-likeness (QED) is 0.797. The Morgan fingerprint density at radius 2 is 1.79 bits per heavy atom. The summed E-state index contributed by atoms with van der Waals surface area (Å²) >= 11 is 0. The molecular weight excluding hydrogens is 328 g/mol. The Morgan fingerprint density at radius 3 is 2.42 bits per heavy atom. The number of methoxy groups -OCH3 is 1. The molecule has 1 amide bonds. The average molecular weight is 348 g/mol. The van der Waals surface area contributed by atoms with Gasteiger partial charge >= 0.3 is 0 Å². The van der Waals surface area contributed by atoms with E-state index in [1.807, 2.05) is 36.4 Å². The molecule has 0 aliphatic rings. The van der Waals surface area contributed by atoms with Crippen LogP contribution in [-0.2, 0) is 10.0 Å². The summed E-state index contributed by atoms with van der Waals surface area (Å²) in [5, 5.41) is 2.60. The molecule has 0 saturated heterocycles. The predicted molar refractivity (Wildman–Crippen MR) is 93.6 cm³/mol. The molecule has 128 valence electrons. The Balaban J connectivity index is 2.20. The third-order valence-electron chi connectivity index (χ3n) is 3.52. The SMILES string of the molecule is CNS(=O)(=O)CCNC(=O)c1cc(-c2ccccc2)ccc1OC. The summed E-state index contributed by atoms with van der Waals surface area (Å²) in [6.45, 7) is 0.0146. The van der Waals surface area contributed by atoms with Crippen LogP contribution in [0.25, 0.3) is 11.1 Å². The van der Waals surface area contributed by atoms with Crippen molar-refractivity contribution in [2.24, 2.45) is 0 Å². The summed E-state index contributed by atoms with van der Waals surface area (Å²) in [5.74, 6) is -0.129. The fraction of sp³-hybridized carbons (Fsp3) is 0.235. The summed E-state index contributed by atoms with van der Waals surface area (Å²) in [4.78, 5) is 12.4. The molecule has 0 saturated carbocycles. The van der Waals surface area contributed by atoms with Gasteiger partial charge in [0.15, 0.2) is 0 Å². The van der Waals surface area contributed by atoms with Gasteiger partial charge in [0.1, 0.15) is 5.75 Å². The second-order valence-corrected chi connectivity index (χ2v) is 7.11. The van der Waals surface area contributed by atoms with Gasteiger partial charge in [-0.1, -0.05) is 36.4 Å². The highest BCUT2D eigenvalue weighted by Gasteiger charge is 2.15. The summed E-state index contributed by atoms with van der Waals surface area (Å²) in [5.41, 5.74) is 2.22. The van der Waals surface area contributed by atoms with Gasteiger partial charge < -0.3 is 10.1 Å². The van der Waals surface area contributed by atoms with Crippen LogP contribution in [0.15, 0.2) is 48.5 Å². The van der Waals surface area contributed by atoms with Crippen LogP contribution in [0.2, 0.25) is 0 Å². The second kappa shape index (κ2) is 7.94. The van der Waals surface area contributed by atoms with Crippen LogP contribution in [0.3, 0.4) is 0 Å². The van der Waals surface area contributed by atoms with Crippen LogP contribution in [-0.4, -0.2) is 40.8 Å². The maximum atomic E-state index is 12.4. The zero-order chi connectivity index (χ0) is 17.6. The Hall–Kier alpha value is -2.38. The highest BCUT2D eigenvalue weighted by Crippen LogP contribution is 2.26. The molecule has 24 heavy (non-hydrogen) atoms. The fourth-order valence-corrected chi connectivity index (χ4v) is 2.77. The average Bonchev–Trinajstić information content (AvgIpc) is 2.61. The molecule has 0 radical (unpaired) electrons. The van der Waals surface area contributed by atoms with Crippen molar-refractivity contribution in [2.75, 3.05) is 26.5 Å². The smallest absolute Gasteiger partial charge is 0.255 e. The topological polar surface area (TPSA) is 84.5 Å². The summed E-state index contributed by atoms with van der Waals surface area (Å²) in [7, 11) is -0.537. The van der Waals surface area contributed by atoms with E-state index < -0.39 is 10.0 Å². The molecule has 0 aliphatic carbocycles. The first-order valence-electron chi connectivity index (χ1n) is 7.39. The molecule has 0 aromatic heterocycles. The lowest BCUT2D eigenvalue weighted by atomic mass is 10.0. The first-order valence-corrected chi connectivity index (χ1v) is 9.05. The molecular formula is C17H20N2O4S. The largest absolute Gasteiger partial charge is 0.496 e. The lowest BCUT2D eigenvalue weighted by Crippen LogP contribution is -2.33. The second-order valence-electron chi connectivity index (χ2n) is 5.06. The Morgan fingerprint density at radius 1 is 1.08 bits per heavy atom. The molecule has 2 N–H and O–H groups in total. The molecule has 0 unspecified atom stereocenters. The molecule has 0 spiro atoms. The van der Waals surface area contributed by atoms with E-state index in [1.165, 1.54) is 14.2 Å². The molecule has 7 heteroatoms. The molecule has 0 bridgehead atoms. The van der Waals surface area contributed by atoms with Crippen molar-refractivity contribution < 1.29 is 17.9 Å². The number of benzene rings is 2. The molecule has 0 aliphatic heterocycles. The lowest BCUT2D eigenvalue weighted by Gasteiger charge is -2.11. The van der Waals surface area contributed by atoms with E-state index in [0.29, 0.717) is 11.3 Å². The summed E-state index contributed by atoms with van der Waals surface area (Å²) < 4.78 is 30.2. The Labute approximate surface area is 141 Å². The Bertz CT molecular complexity index is 805. The molecule has 6 nitrogen and oxygen atoms in total. The standard InChI is InChI=1S/C17H20N2O4S/c1-18-24(21,22)11-10-19-17(20)15-12-14(8-9-16(15)23-2)13-6-4-3-5-7-13/h3-9,12,18H,10-11H2,1-2H3,(H,19,20). The van der Waals surface area contributed by atoms with Crippen LogP contribution >= 0.6 is 0 Å². The zero-order valence-electron chi connectivity index (χ0n) is 13.6. The van der Waals surface area contributed by atoms with Crippen molar-refractivity contribution in [3.05, 3.63) is 54.1 Å².